The molecule has 5 aromatic rings. The summed E-state index contributed by atoms with van der Waals surface area (Å²) in [6.07, 6.45) is 1.73. The number of carbonyl (C=O) groups is 1. The number of ketones is 1. The minimum atomic E-state index is -1.33. The third kappa shape index (κ3) is 5.94. The highest BCUT2D eigenvalue weighted by Gasteiger charge is 2.31. The van der Waals surface area contributed by atoms with E-state index >= 15 is 0 Å². The third-order valence-electron chi connectivity index (χ3n) is 6.90. The molecule has 0 spiro atoms. The summed E-state index contributed by atoms with van der Waals surface area (Å²) in [5.41, 5.74) is 3.14. The molecular weight excluding hydrogens is 524 g/mol. The van der Waals surface area contributed by atoms with Gasteiger partial charge in [0.25, 0.3) is 0 Å². The molecule has 41 heavy (non-hydrogen) atoms. The number of aryl methyl sites for hydroxylation is 3. The third-order valence-corrected chi connectivity index (χ3v) is 6.90. The van der Waals surface area contributed by atoms with E-state index in [1.165, 1.54) is 0 Å². The van der Waals surface area contributed by atoms with Gasteiger partial charge in [0.15, 0.2) is 5.78 Å². The number of carbonyl (C=O) groups excluding carboxylic acids is 1. The molecule has 0 saturated carbocycles. The van der Waals surface area contributed by atoms with Gasteiger partial charge < -0.3 is 18.5 Å². The summed E-state index contributed by atoms with van der Waals surface area (Å²) in [4.78, 5) is 29.9. The van der Waals surface area contributed by atoms with E-state index in [1.807, 2.05) is 60.0 Å². The number of nitrogens with one attached hydrogen (secondary N) is 1. The van der Waals surface area contributed by atoms with Gasteiger partial charge >= 0.3 is 5.82 Å². The summed E-state index contributed by atoms with van der Waals surface area (Å²) < 4.78 is 11.9. The summed E-state index contributed by atoms with van der Waals surface area (Å²) in [6.45, 7) is 7.32. The average Bonchev–Trinajstić information content (AvgIpc) is 3.67. The van der Waals surface area contributed by atoms with Crippen molar-refractivity contribution in [3.8, 4) is 22.5 Å². The monoisotopic (exact) mass is 556 g/mol. The molecule has 0 amide bonds. The fourth-order valence-electron chi connectivity index (χ4n) is 4.92. The quantitative estimate of drug-likeness (QED) is 0.222. The van der Waals surface area contributed by atoms with Gasteiger partial charge in [-0.1, -0.05) is 55.5 Å². The highest BCUT2D eigenvalue weighted by atomic mass is 16.6. The molecule has 11 heteroatoms. The van der Waals surface area contributed by atoms with Gasteiger partial charge in [-0.25, -0.2) is 9.78 Å². The molecule has 5 rings (SSSR count). The van der Waals surface area contributed by atoms with E-state index in [4.69, 9.17) is 13.8 Å². The number of benzene rings is 2. The second-order valence-electron chi connectivity index (χ2n) is 10.5. The standard InChI is InChI=1S/C30H32N6O5/c1-5-8-25-31-27(30(3,4)39)26(23(37)15-16-24-18(2)40-29(38)41-24)36(25)17-19-11-13-20(14-12-19)21-9-6-7-10-22(21)28-32-34-35-33-28/h6-7,9-14,39H,5,8,15-17H2,1-4H3,(H,32,33,34,35). The van der Waals surface area contributed by atoms with Crippen molar-refractivity contribution in [1.82, 2.24) is 30.2 Å². The number of aromatic amines is 1. The van der Waals surface area contributed by atoms with Crippen LogP contribution in [0.4, 0.5) is 0 Å². The van der Waals surface area contributed by atoms with Gasteiger partial charge in [-0.2, -0.15) is 5.21 Å². The van der Waals surface area contributed by atoms with Crippen LogP contribution < -0.4 is 5.82 Å². The van der Waals surface area contributed by atoms with Gasteiger partial charge in [0.1, 0.15) is 34.3 Å². The number of Topliss-reactive ketones (excluding diaryl/α,β-unsaturated/α-hetero) is 1. The molecular formula is C30H32N6O5. The van der Waals surface area contributed by atoms with Crippen molar-refractivity contribution in [1.29, 1.82) is 0 Å². The first-order chi connectivity index (χ1) is 19.7. The maximum atomic E-state index is 13.7. The second-order valence-corrected chi connectivity index (χ2v) is 10.5. The highest BCUT2D eigenvalue weighted by Crippen LogP contribution is 2.31. The van der Waals surface area contributed by atoms with Crippen molar-refractivity contribution in [3.05, 3.63) is 93.4 Å². The fraction of sp³-hybridized carbons (Fsp3) is 0.333. The van der Waals surface area contributed by atoms with Gasteiger partial charge in [-0.3, -0.25) is 4.79 Å². The van der Waals surface area contributed by atoms with Gasteiger partial charge in [0.2, 0.25) is 5.82 Å². The molecule has 3 aromatic heterocycles. The van der Waals surface area contributed by atoms with E-state index in [-0.39, 0.29) is 18.6 Å². The molecule has 0 radical (unpaired) electrons. The fourth-order valence-corrected chi connectivity index (χ4v) is 4.92. The Kier molecular flexibility index (Phi) is 7.80. The maximum Gasteiger partial charge on any atom is 0.519 e. The van der Waals surface area contributed by atoms with E-state index < -0.39 is 11.4 Å². The largest absolute Gasteiger partial charge is 0.519 e. The number of aromatic nitrogens is 6. The number of hydrogen-bond donors (Lipinski definition) is 2. The molecule has 3 heterocycles. The van der Waals surface area contributed by atoms with E-state index in [0.29, 0.717) is 41.7 Å². The van der Waals surface area contributed by atoms with Crippen molar-refractivity contribution >= 4 is 5.78 Å². The Bertz CT molecular complexity index is 1710. The molecule has 0 fully saturated rings. The van der Waals surface area contributed by atoms with Crippen LogP contribution in [-0.4, -0.2) is 41.1 Å². The molecule has 11 nitrogen and oxygen atoms in total. The van der Waals surface area contributed by atoms with Crippen LogP contribution >= 0.6 is 0 Å². The molecule has 0 atom stereocenters. The lowest BCUT2D eigenvalue weighted by molar-refractivity contribution is 0.0708. The van der Waals surface area contributed by atoms with Crippen molar-refractivity contribution in [2.24, 2.45) is 0 Å². The number of tetrazole rings is 1. The van der Waals surface area contributed by atoms with E-state index in [0.717, 1.165) is 34.5 Å². The summed E-state index contributed by atoms with van der Waals surface area (Å²) in [5, 5.41) is 25.4. The lowest BCUT2D eigenvalue weighted by Gasteiger charge is -2.18. The van der Waals surface area contributed by atoms with E-state index in [1.54, 1.807) is 20.8 Å². The zero-order valence-corrected chi connectivity index (χ0v) is 23.5. The van der Waals surface area contributed by atoms with Gasteiger partial charge in [-0.15, -0.1) is 10.2 Å². The zero-order chi connectivity index (χ0) is 29.1. The minimum Gasteiger partial charge on any atom is -0.396 e. The van der Waals surface area contributed by atoms with Gasteiger partial charge in [0.05, 0.1) is 0 Å². The average molecular weight is 557 g/mol. The van der Waals surface area contributed by atoms with Crippen LogP contribution in [0.25, 0.3) is 22.5 Å². The van der Waals surface area contributed by atoms with Crippen LogP contribution in [0.2, 0.25) is 0 Å². The van der Waals surface area contributed by atoms with Crippen molar-refractivity contribution in [2.45, 2.75) is 65.5 Å². The molecule has 2 aromatic carbocycles. The van der Waals surface area contributed by atoms with Gasteiger partial charge in [-0.05, 0) is 49.1 Å². The Labute approximate surface area is 236 Å². The molecule has 0 aliphatic carbocycles. The maximum absolute atomic E-state index is 13.7. The summed E-state index contributed by atoms with van der Waals surface area (Å²) in [5.74, 6) is 0.938. The number of hydrogen-bond acceptors (Lipinski definition) is 9. The van der Waals surface area contributed by atoms with E-state index in [9.17, 15) is 14.7 Å². The highest BCUT2D eigenvalue weighted by molar-refractivity contribution is 5.96. The molecule has 0 aliphatic rings. The topological polar surface area (TPSA) is 153 Å². The van der Waals surface area contributed by atoms with Crippen LogP contribution in [0.1, 0.15) is 72.7 Å². The first-order valence-corrected chi connectivity index (χ1v) is 13.5. The van der Waals surface area contributed by atoms with Crippen LogP contribution in [0.15, 0.2) is 62.2 Å². The first-order valence-electron chi connectivity index (χ1n) is 13.5. The van der Waals surface area contributed by atoms with Crippen molar-refractivity contribution in [3.63, 3.8) is 0 Å². The SMILES string of the molecule is CCCc1nc(C(C)(C)O)c(C(=O)CCc2oc(=O)oc2C)n1Cc1ccc(-c2ccccc2-c2nn[nH]n2)cc1. The van der Waals surface area contributed by atoms with E-state index in [2.05, 4.69) is 20.6 Å². The van der Waals surface area contributed by atoms with Crippen LogP contribution in [0, 0.1) is 6.92 Å². The number of imidazole rings is 1. The number of aliphatic hydroxyl groups is 1. The Morgan fingerprint density at radius 3 is 2.39 bits per heavy atom. The molecule has 2 N–H and O–H groups in total. The lowest BCUT2D eigenvalue weighted by atomic mass is 9.98. The first kappa shape index (κ1) is 27.9. The Morgan fingerprint density at radius 1 is 1.05 bits per heavy atom. The predicted octanol–water partition coefficient (Wildman–Crippen LogP) is 4.63. The second kappa shape index (κ2) is 11.5. The van der Waals surface area contributed by atoms with Crippen LogP contribution in [0.5, 0.6) is 0 Å². The summed E-state index contributed by atoms with van der Waals surface area (Å²) >= 11 is 0. The van der Waals surface area contributed by atoms with Gasteiger partial charge in [0, 0.05) is 31.4 Å². The summed E-state index contributed by atoms with van der Waals surface area (Å²) in [7, 11) is 0. The number of rotatable bonds is 11. The molecule has 212 valence electrons. The predicted molar refractivity (Wildman–Crippen MR) is 150 cm³/mol. The van der Waals surface area contributed by atoms with Crippen LogP contribution in [0.3, 0.4) is 0 Å². The zero-order valence-electron chi connectivity index (χ0n) is 23.5. The Hall–Kier alpha value is -4.64. The number of H-pyrrole nitrogens is 1. The number of nitrogens with zero attached hydrogens (tertiary/aromatic N) is 5. The Morgan fingerprint density at radius 2 is 1.78 bits per heavy atom. The van der Waals surface area contributed by atoms with Crippen molar-refractivity contribution in [2.75, 3.05) is 0 Å². The molecule has 0 bridgehead atoms. The van der Waals surface area contributed by atoms with Crippen molar-refractivity contribution < 1.29 is 18.7 Å². The minimum absolute atomic E-state index is 0.0649. The summed E-state index contributed by atoms with van der Waals surface area (Å²) in [6, 6.07) is 15.9. The molecule has 0 unspecified atom stereocenters. The smallest absolute Gasteiger partial charge is 0.396 e. The van der Waals surface area contributed by atoms with Crippen LogP contribution in [-0.2, 0) is 25.0 Å². The molecule has 0 saturated heterocycles. The Balaban J connectivity index is 1.48. The normalized spacial score (nSPS) is 11.7. The lowest BCUT2D eigenvalue weighted by Crippen LogP contribution is -2.22. The molecule has 0 aliphatic heterocycles.